The van der Waals surface area contributed by atoms with Crippen molar-refractivity contribution in [3.8, 4) is 0 Å². The number of hydrogen-bond donors (Lipinski definition) is 4. The minimum absolute atomic E-state index is 0.221. The molecule has 0 bridgehead atoms. The summed E-state index contributed by atoms with van der Waals surface area (Å²) in [5, 5.41) is 36.7. The van der Waals surface area contributed by atoms with E-state index in [9.17, 15) is 15.0 Å². The minimum Gasteiger partial charge on any atom is -0.390 e. The van der Waals surface area contributed by atoms with Crippen LogP contribution in [0.25, 0.3) is 11.2 Å². The Bertz CT molecular complexity index is 1220. The van der Waals surface area contributed by atoms with Crippen LogP contribution in [0.1, 0.15) is 37.3 Å². The van der Waals surface area contributed by atoms with Crippen molar-refractivity contribution in [2.75, 3.05) is 17.6 Å². The predicted octanol–water partition coefficient (Wildman–Crippen LogP) is 1.89. The zero-order valence-corrected chi connectivity index (χ0v) is 20.2. The third-order valence-electron chi connectivity index (χ3n) is 6.63. The summed E-state index contributed by atoms with van der Waals surface area (Å²) < 4.78 is 1.52. The zero-order chi connectivity index (χ0) is 24.5. The maximum absolute atomic E-state index is 12.4. The highest BCUT2D eigenvalue weighted by Crippen LogP contribution is 2.43. The van der Waals surface area contributed by atoms with Crippen molar-refractivity contribution in [3.05, 3.63) is 48.6 Å². The first-order valence-corrected chi connectivity index (χ1v) is 12.8. The van der Waals surface area contributed by atoms with Crippen LogP contribution in [0, 0.1) is 5.92 Å². The summed E-state index contributed by atoms with van der Waals surface area (Å²) in [6, 6.07) is 9.92. The van der Waals surface area contributed by atoms with Crippen LogP contribution in [-0.2, 0) is 4.79 Å². The second-order valence-corrected chi connectivity index (χ2v) is 9.94. The molecule has 5 rings (SSSR count). The molecule has 2 aromatic heterocycles. The lowest BCUT2D eigenvalue weighted by molar-refractivity contribution is -0.128. The second-order valence-electron chi connectivity index (χ2n) is 8.95. The lowest BCUT2D eigenvalue weighted by Gasteiger charge is -2.17. The number of nitrogens with zero attached hydrogens (tertiary/aromatic N) is 5. The van der Waals surface area contributed by atoms with Gasteiger partial charge in [-0.3, -0.25) is 4.79 Å². The van der Waals surface area contributed by atoms with Gasteiger partial charge in [0.2, 0.25) is 5.91 Å². The Balaban J connectivity index is 1.45. The molecule has 0 spiro atoms. The van der Waals surface area contributed by atoms with Gasteiger partial charge in [0, 0.05) is 24.3 Å². The Morgan fingerprint density at radius 3 is 2.77 bits per heavy atom. The van der Waals surface area contributed by atoms with Crippen molar-refractivity contribution in [3.63, 3.8) is 0 Å². The molecule has 2 fully saturated rings. The van der Waals surface area contributed by atoms with Gasteiger partial charge in [0.25, 0.3) is 0 Å². The first-order chi connectivity index (χ1) is 17.0. The van der Waals surface area contributed by atoms with Gasteiger partial charge in [-0.15, -0.1) is 11.7 Å². The number of anilines is 1. The van der Waals surface area contributed by atoms with Crippen LogP contribution >= 0.6 is 11.8 Å². The highest BCUT2D eigenvalue weighted by atomic mass is 32.2. The number of nitrogens with one attached hydrogen (secondary N) is 2. The monoisotopic (exact) mass is 495 g/mol. The first kappa shape index (κ1) is 23.7. The SMILES string of the molecule is C=CCSc1nc(NC2CC2c2ccccc2)c2nnn(C3CC(C(=O)NCC)C(O)C3O)c2n1. The fraction of sp³-hybridized carbons (Fsp3) is 0.458. The van der Waals surface area contributed by atoms with Gasteiger partial charge in [-0.2, -0.15) is 0 Å². The summed E-state index contributed by atoms with van der Waals surface area (Å²) >= 11 is 1.44. The molecule has 35 heavy (non-hydrogen) atoms. The minimum atomic E-state index is -1.20. The van der Waals surface area contributed by atoms with Crippen LogP contribution in [0.4, 0.5) is 5.82 Å². The van der Waals surface area contributed by atoms with E-state index in [0.717, 1.165) is 6.42 Å². The number of carbonyl (C=O) groups is 1. The Labute approximate surface area is 207 Å². The third kappa shape index (κ3) is 4.63. The van der Waals surface area contributed by atoms with E-state index in [1.54, 1.807) is 6.08 Å². The maximum Gasteiger partial charge on any atom is 0.225 e. The topological polar surface area (TPSA) is 138 Å². The summed E-state index contributed by atoms with van der Waals surface area (Å²) in [6.45, 7) is 6.03. The predicted molar refractivity (Wildman–Crippen MR) is 133 cm³/mol. The number of hydrogen-bond acceptors (Lipinski definition) is 9. The smallest absolute Gasteiger partial charge is 0.225 e. The number of aliphatic hydroxyl groups is 2. The number of carbonyl (C=O) groups excluding carboxylic acids is 1. The lowest BCUT2D eigenvalue weighted by atomic mass is 10.0. The fourth-order valence-electron chi connectivity index (χ4n) is 4.75. The maximum atomic E-state index is 12.4. The van der Waals surface area contributed by atoms with Crippen molar-refractivity contribution < 1.29 is 15.0 Å². The number of aromatic nitrogens is 5. The van der Waals surface area contributed by atoms with Crippen LogP contribution < -0.4 is 10.6 Å². The van der Waals surface area contributed by atoms with E-state index in [1.165, 1.54) is 22.0 Å². The van der Waals surface area contributed by atoms with Crippen molar-refractivity contribution in [1.29, 1.82) is 0 Å². The third-order valence-corrected chi connectivity index (χ3v) is 7.47. The van der Waals surface area contributed by atoms with Crippen molar-refractivity contribution in [2.24, 2.45) is 5.92 Å². The van der Waals surface area contributed by atoms with E-state index in [-0.39, 0.29) is 18.4 Å². The Morgan fingerprint density at radius 1 is 1.23 bits per heavy atom. The zero-order valence-electron chi connectivity index (χ0n) is 19.4. The molecule has 2 aliphatic rings. The van der Waals surface area contributed by atoms with Crippen LogP contribution in [0.5, 0.6) is 0 Å². The average Bonchev–Trinajstić information content (AvgIpc) is 3.41. The quantitative estimate of drug-likeness (QED) is 0.199. The lowest BCUT2D eigenvalue weighted by Crippen LogP contribution is -2.38. The summed E-state index contributed by atoms with van der Waals surface area (Å²) in [4.78, 5) is 21.8. The molecule has 1 amide bonds. The van der Waals surface area contributed by atoms with E-state index in [0.29, 0.717) is 40.4 Å². The number of fused-ring (bicyclic) bond motifs is 1. The molecule has 2 aliphatic carbocycles. The molecule has 11 heteroatoms. The van der Waals surface area contributed by atoms with Crippen LogP contribution in [-0.4, -0.2) is 71.6 Å². The molecule has 2 saturated carbocycles. The van der Waals surface area contributed by atoms with Gasteiger partial charge in [-0.05, 0) is 25.3 Å². The van der Waals surface area contributed by atoms with Crippen LogP contribution in [0.2, 0.25) is 0 Å². The Hall–Kier alpha value is -3.02. The molecule has 4 N–H and O–H groups in total. The molecule has 0 saturated heterocycles. The van der Waals surface area contributed by atoms with Crippen LogP contribution in [0.15, 0.2) is 48.1 Å². The van der Waals surface area contributed by atoms with Crippen LogP contribution in [0.3, 0.4) is 0 Å². The van der Waals surface area contributed by atoms with E-state index >= 15 is 0 Å². The molecule has 10 nitrogen and oxygen atoms in total. The number of thioether (sulfide) groups is 1. The standard InChI is InChI=1S/C24H29N7O3S/c1-3-10-35-24-27-21(26-16-11-14(16)13-8-6-5-7-9-13)18-22(28-24)31(30-29-18)17-12-15(19(32)20(17)33)23(34)25-4-2/h3,5-9,14-17,19-20,32-33H,1,4,10-12H2,2H3,(H,25,34)(H,26,27,28). The summed E-state index contributed by atoms with van der Waals surface area (Å²) in [7, 11) is 0. The normalized spacial score (nSPS) is 27.6. The van der Waals surface area contributed by atoms with E-state index in [2.05, 4.69) is 49.6 Å². The highest BCUT2D eigenvalue weighted by molar-refractivity contribution is 7.99. The van der Waals surface area contributed by atoms with Gasteiger partial charge in [0.05, 0.1) is 18.1 Å². The van der Waals surface area contributed by atoms with Gasteiger partial charge < -0.3 is 20.8 Å². The number of benzene rings is 1. The molecule has 6 atom stereocenters. The van der Waals surface area contributed by atoms with Crippen molar-refractivity contribution in [1.82, 2.24) is 30.3 Å². The molecule has 2 heterocycles. The van der Waals surface area contributed by atoms with E-state index in [4.69, 9.17) is 0 Å². The summed E-state index contributed by atoms with van der Waals surface area (Å²) in [5.41, 5.74) is 2.23. The molecular formula is C24H29N7O3S. The molecule has 6 unspecified atom stereocenters. The molecule has 1 aromatic carbocycles. The highest BCUT2D eigenvalue weighted by Gasteiger charge is 2.47. The number of aliphatic hydroxyl groups excluding tert-OH is 2. The van der Waals surface area contributed by atoms with Gasteiger partial charge >= 0.3 is 0 Å². The summed E-state index contributed by atoms with van der Waals surface area (Å²) in [5.74, 6) is 0.592. The average molecular weight is 496 g/mol. The second kappa shape index (κ2) is 9.92. The number of rotatable bonds is 9. The van der Waals surface area contributed by atoms with E-state index in [1.807, 2.05) is 25.1 Å². The molecule has 184 valence electrons. The van der Waals surface area contributed by atoms with Gasteiger partial charge in [-0.25, -0.2) is 14.6 Å². The number of amides is 1. The largest absolute Gasteiger partial charge is 0.390 e. The Kier molecular flexibility index (Phi) is 6.72. The van der Waals surface area contributed by atoms with Gasteiger partial charge in [0.1, 0.15) is 6.10 Å². The van der Waals surface area contributed by atoms with Crippen molar-refractivity contribution >= 4 is 34.7 Å². The first-order valence-electron chi connectivity index (χ1n) is 11.8. The van der Waals surface area contributed by atoms with Gasteiger partial charge in [0.15, 0.2) is 22.1 Å². The molecule has 0 aliphatic heterocycles. The van der Waals surface area contributed by atoms with Crippen molar-refractivity contribution in [2.45, 2.75) is 55.1 Å². The summed E-state index contributed by atoms with van der Waals surface area (Å²) in [6.07, 6.45) is 0.626. The van der Waals surface area contributed by atoms with E-state index < -0.39 is 24.2 Å². The molecule has 3 aromatic rings. The molecule has 0 radical (unpaired) electrons. The molecular weight excluding hydrogens is 466 g/mol. The fourth-order valence-corrected chi connectivity index (χ4v) is 5.32. The van der Waals surface area contributed by atoms with Gasteiger partial charge in [-0.1, -0.05) is 53.4 Å². The Morgan fingerprint density at radius 2 is 2.03 bits per heavy atom.